The van der Waals surface area contributed by atoms with E-state index in [2.05, 4.69) is 20.1 Å². The molecule has 1 heterocycles. The molecule has 3 N–H and O–H groups in total. The maximum atomic E-state index is 11.8. The third kappa shape index (κ3) is 3.94. The zero-order chi connectivity index (χ0) is 14.5. The van der Waals surface area contributed by atoms with Crippen LogP contribution in [0.4, 0.5) is 0 Å². The zero-order valence-corrected chi connectivity index (χ0v) is 12.7. The standard InChI is InChI=1S/C12H21N5O2S/c1-8(6-19-2)14-11(18)7-20-12-16-15-10(5-13)17(12)9-3-4-9/h8-9H,3-7,13H2,1-2H3,(H,14,18). The van der Waals surface area contributed by atoms with Crippen molar-refractivity contribution in [3.8, 4) is 0 Å². The van der Waals surface area contributed by atoms with Gasteiger partial charge in [0.2, 0.25) is 5.91 Å². The summed E-state index contributed by atoms with van der Waals surface area (Å²) < 4.78 is 7.05. The molecule has 8 heteroatoms. The van der Waals surface area contributed by atoms with E-state index in [1.54, 1.807) is 7.11 Å². The second-order valence-corrected chi connectivity index (χ2v) is 5.86. The number of thioether (sulfide) groups is 1. The Balaban J connectivity index is 1.87. The Hall–Kier alpha value is -1.12. The number of rotatable bonds is 8. The van der Waals surface area contributed by atoms with Gasteiger partial charge < -0.3 is 20.4 Å². The second kappa shape index (κ2) is 7.05. The summed E-state index contributed by atoms with van der Waals surface area (Å²) in [6.07, 6.45) is 2.27. The van der Waals surface area contributed by atoms with Crippen molar-refractivity contribution in [1.29, 1.82) is 0 Å². The molecule has 1 fully saturated rings. The Kier molecular flexibility index (Phi) is 5.38. The number of aromatic nitrogens is 3. The maximum absolute atomic E-state index is 11.8. The molecule has 1 aliphatic carbocycles. The van der Waals surface area contributed by atoms with Gasteiger partial charge in [-0.2, -0.15) is 0 Å². The number of ether oxygens (including phenoxy) is 1. The number of methoxy groups -OCH3 is 1. The smallest absolute Gasteiger partial charge is 0.230 e. The molecule has 1 amide bonds. The van der Waals surface area contributed by atoms with E-state index < -0.39 is 0 Å². The normalized spacial score (nSPS) is 16.1. The van der Waals surface area contributed by atoms with Gasteiger partial charge >= 0.3 is 0 Å². The molecule has 1 saturated carbocycles. The molecule has 1 aromatic heterocycles. The lowest BCUT2D eigenvalue weighted by Crippen LogP contribution is -2.36. The molecule has 1 unspecified atom stereocenters. The van der Waals surface area contributed by atoms with E-state index >= 15 is 0 Å². The Morgan fingerprint density at radius 2 is 2.35 bits per heavy atom. The molecular formula is C12H21N5O2S. The SMILES string of the molecule is COCC(C)NC(=O)CSc1nnc(CN)n1C1CC1. The molecule has 1 atom stereocenters. The van der Waals surface area contributed by atoms with E-state index in [1.165, 1.54) is 11.8 Å². The molecule has 2 rings (SSSR count). The average molecular weight is 299 g/mol. The van der Waals surface area contributed by atoms with Gasteiger partial charge in [0.1, 0.15) is 5.82 Å². The summed E-state index contributed by atoms with van der Waals surface area (Å²) >= 11 is 1.40. The minimum Gasteiger partial charge on any atom is -0.383 e. The second-order valence-electron chi connectivity index (χ2n) is 4.92. The molecule has 112 valence electrons. The molecule has 0 spiro atoms. The van der Waals surface area contributed by atoms with E-state index in [0.29, 0.717) is 24.9 Å². The van der Waals surface area contributed by atoms with Crippen LogP contribution in [0.15, 0.2) is 5.16 Å². The summed E-state index contributed by atoms with van der Waals surface area (Å²) in [6.45, 7) is 2.79. The number of carbonyl (C=O) groups excluding carboxylic acids is 1. The Bertz CT molecular complexity index is 461. The molecule has 20 heavy (non-hydrogen) atoms. The molecular weight excluding hydrogens is 278 g/mol. The fourth-order valence-electron chi connectivity index (χ4n) is 1.98. The van der Waals surface area contributed by atoms with Crippen LogP contribution in [0.2, 0.25) is 0 Å². The van der Waals surface area contributed by atoms with Crippen LogP contribution < -0.4 is 11.1 Å². The van der Waals surface area contributed by atoms with Crippen LogP contribution in [0.25, 0.3) is 0 Å². The van der Waals surface area contributed by atoms with Crippen LogP contribution in [0, 0.1) is 0 Å². The lowest BCUT2D eigenvalue weighted by Gasteiger charge is -2.12. The van der Waals surface area contributed by atoms with E-state index in [9.17, 15) is 4.79 Å². The molecule has 7 nitrogen and oxygen atoms in total. The Morgan fingerprint density at radius 3 is 2.95 bits per heavy atom. The van der Waals surface area contributed by atoms with E-state index in [0.717, 1.165) is 23.8 Å². The van der Waals surface area contributed by atoms with Crippen molar-refractivity contribution in [3.63, 3.8) is 0 Å². The van der Waals surface area contributed by atoms with Crippen LogP contribution in [-0.2, 0) is 16.1 Å². The number of nitrogens with zero attached hydrogens (tertiary/aromatic N) is 3. The largest absolute Gasteiger partial charge is 0.383 e. The first-order valence-electron chi connectivity index (χ1n) is 6.70. The van der Waals surface area contributed by atoms with Crippen LogP contribution in [0.3, 0.4) is 0 Å². The van der Waals surface area contributed by atoms with Gasteiger partial charge in [0.15, 0.2) is 5.16 Å². The van der Waals surface area contributed by atoms with Crippen LogP contribution in [0.1, 0.15) is 31.6 Å². The van der Waals surface area contributed by atoms with Crippen molar-refractivity contribution in [3.05, 3.63) is 5.82 Å². The molecule has 1 aliphatic rings. The van der Waals surface area contributed by atoms with Gasteiger partial charge in [0.25, 0.3) is 0 Å². The van der Waals surface area contributed by atoms with Gasteiger partial charge in [-0.1, -0.05) is 11.8 Å². The fraction of sp³-hybridized carbons (Fsp3) is 0.750. The highest BCUT2D eigenvalue weighted by molar-refractivity contribution is 7.99. The fourth-order valence-corrected chi connectivity index (χ4v) is 2.82. The number of hydrogen-bond acceptors (Lipinski definition) is 6. The summed E-state index contributed by atoms with van der Waals surface area (Å²) in [5.41, 5.74) is 5.66. The monoisotopic (exact) mass is 299 g/mol. The van der Waals surface area contributed by atoms with E-state index in [4.69, 9.17) is 10.5 Å². The Morgan fingerprint density at radius 1 is 1.60 bits per heavy atom. The average Bonchev–Trinajstić information content (AvgIpc) is 3.16. The van der Waals surface area contributed by atoms with E-state index in [-0.39, 0.29) is 11.9 Å². The number of carbonyl (C=O) groups is 1. The summed E-state index contributed by atoms with van der Waals surface area (Å²) in [5.74, 6) is 1.09. The number of amides is 1. The predicted octanol–water partition coefficient (Wildman–Crippen LogP) is 0.315. The molecule has 0 saturated heterocycles. The Labute approximate surface area is 122 Å². The van der Waals surface area contributed by atoms with Crippen molar-refractivity contribution < 1.29 is 9.53 Å². The van der Waals surface area contributed by atoms with Gasteiger partial charge in [-0.15, -0.1) is 10.2 Å². The van der Waals surface area contributed by atoms with Crippen molar-refractivity contribution in [2.24, 2.45) is 5.73 Å². The summed E-state index contributed by atoms with van der Waals surface area (Å²) in [6, 6.07) is 0.468. The minimum atomic E-state index is -0.0285. The number of hydrogen-bond donors (Lipinski definition) is 2. The highest BCUT2D eigenvalue weighted by Gasteiger charge is 2.29. The quantitative estimate of drug-likeness (QED) is 0.671. The number of nitrogens with two attached hydrogens (primary N) is 1. The van der Waals surface area contributed by atoms with Gasteiger partial charge in [0, 0.05) is 19.2 Å². The third-order valence-corrected chi connectivity index (χ3v) is 3.93. The van der Waals surface area contributed by atoms with Crippen molar-refractivity contribution in [2.45, 2.75) is 43.6 Å². The van der Waals surface area contributed by atoms with Crippen molar-refractivity contribution in [2.75, 3.05) is 19.5 Å². The van der Waals surface area contributed by atoms with Gasteiger partial charge in [-0.3, -0.25) is 4.79 Å². The highest BCUT2D eigenvalue weighted by Crippen LogP contribution is 2.38. The highest BCUT2D eigenvalue weighted by atomic mass is 32.2. The maximum Gasteiger partial charge on any atom is 0.230 e. The molecule has 0 aliphatic heterocycles. The minimum absolute atomic E-state index is 0.00834. The molecule has 0 radical (unpaired) electrons. The summed E-state index contributed by atoms with van der Waals surface area (Å²) in [7, 11) is 1.61. The lowest BCUT2D eigenvalue weighted by molar-refractivity contribution is -0.119. The lowest BCUT2D eigenvalue weighted by atomic mass is 10.3. The summed E-state index contributed by atoms with van der Waals surface area (Å²) in [5, 5.41) is 11.9. The zero-order valence-electron chi connectivity index (χ0n) is 11.8. The molecule has 0 bridgehead atoms. The van der Waals surface area contributed by atoms with Crippen molar-refractivity contribution in [1.82, 2.24) is 20.1 Å². The summed E-state index contributed by atoms with van der Waals surface area (Å²) in [4.78, 5) is 11.8. The van der Waals surface area contributed by atoms with Crippen LogP contribution >= 0.6 is 11.8 Å². The first-order chi connectivity index (χ1) is 9.65. The van der Waals surface area contributed by atoms with Crippen molar-refractivity contribution >= 4 is 17.7 Å². The van der Waals surface area contributed by atoms with Gasteiger partial charge in [0.05, 0.1) is 18.9 Å². The van der Waals surface area contributed by atoms with Crippen LogP contribution in [-0.4, -0.2) is 46.2 Å². The predicted molar refractivity (Wildman–Crippen MR) is 76.4 cm³/mol. The topological polar surface area (TPSA) is 95.1 Å². The third-order valence-electron chi connectivity index (χ3n) is 2.99. The number of nitrogens with one attached hydrogen (secondary N) is 1. The molecule has 0 aromatic carbocycles. The van der Waals surface area contributed by atoms with Crippen LogP contribution in [0.5, 0.6) is 0 Å². The van der Waals surface area contributed by atoms with Gasteiger partial charge in [-0.25, -0.2) is 0 Å². The van der Waals surface area contributed by atoms with E-state index in [1.807, 2.05) is 6.92 Å². The molecule has 1 aromatic rings. The van der Waals surface area contributed by atoms with Gasteiger partial charge in [-0.05, 0) is 19.8 Å². The first kappa shape index (κ1) is 15.3. The first-order valence-corrected chi connectivity index (χ1v) is 7.69.